The summed E-state index contributed by atoms with van der Waals surface area (Å²) in [5.41, 5.74) is 6.48. The molecule has 2 aromatic rings. The van der Waals surface area contributed by atoms with Crippen LogP contribution in [0.5, 0.6) is 0 Å². The zero-order valence-corrected chi connectivity index (χ0v) is 11.2. The van der Waals surface area contributed by atoms with Gasteiger partial charge in [0.15, 0.2) is 0 Å². The number of rotatable bonds is 6. The van der Waals surface area contributed by atoms with Crippen molar-refractivity contribution in [3.05, 3.63) is 46.1 Å². The Balaban J connectivity index is 2.20. The first kappa shape index (κ1) is 14.0. The highest BCUT2D eigenvalue weighted by Crippen LogP contribution is 2.11. The van der Waals surface area contributed by atoms with E-state index in [2.05, 4.69) is 16.3 Å². The van der Waals surface area contributed by atoms with Crippen LogP contribution in [-0.2, 0) is 6.42 Å². The number of nitrogens with one attached hydrogen (secondary N) is 1. The topological polar surface area (TPSA) is 100 Å². The lowest BCUT2D eigenvalue weighted by atomic mass is 10.2. The molecule has 0 atom stereocenters. The summed E-state index contributed by atoms with van der Waals surface area (Å²) in [4.78, 5) is 11.8. The van der Waals surface area contributed by atoms with Gasteiger partial charge in [0, 0.05) is 6.42 Å². The van der Waals surface area contributed by atoms with Gasteiger partial charge in [-0.2, -0.15) is 10.4 Å². The number of aromatic nitrogens is 3. The maximum absolute atomic E-state index is 11.8. The molecule has 2 rings (SSSR count). The molecule has 6 heteroatoms. The summed E-state index contributed by atoms with van der Waals surface area (Å²) in [6.45, 7) is 0.684. The van der Waals surface area contributed by atoms with E-state index in [1.807, 2.05) is 0 Å². The van der Waals surface area contributed by atoms with Crippen LogP contribution in [0.2, 0.25) is 0 Å². The largest absolute Gasteiger partial charge is 0.347 e. The minimum Gasteiger partial charge on any atom is -0.330 e. The van der Waals surface area contributed by atoms with Crippen molar-refractivity contribution in [1.82, 2.24) is 14.8 Å². The molecule has 6 nitrogen and oxygen atoms in total. The Hall–Kier alpha value is -2.39. The van der Waals surface area contributed by atoms with Crippen molar-refractivity contribution in [2.45, 2.75) is 25.7 Å². The number of unbranched alkanes of at least 4 members (excludes halogenated alkanes) is 2. The lowest BCUT2D eigenvalue weighted by molar-refractivity contribution is 0.661. The van der Waals surface area contributed by atoms with Crippen LogP contribution in [-0.4, -0.2) is 21.3 Å². The number of aromatic amines is 1. The third kappa shape index (κ3) is 3.13. The lowest BCUT2D eigenvalue weighted by Gasteiger charge is -2.05. The van der Waals surface area contributed by atoms with E-state index in [-0.39, 0.29) is 5.69 Å². The predicted molar refractivity (Wildman–Crippen MR) is 75.5 cm³/mol. The van der Waals surface area contributed by atoms with E-state index >= 15 is 0 Å². The highest BCUT2D eigenvalue weighted by Gasteiger charge is 2.09. The number of nitriles is 1. The van der Waals surface area contributed by atoms with Crippen molar-refractivity contribution in [2.24, 2.45) is 5.73 Å². The van der Waals surface area contributed by atoms with Crippen LogP contribution in [0, 0.1) is 11.3 Å². The highest BCUT2D eigenvalue weighted by atomic mass is 16.1. The first-order valence-electron chi connectivity index (χ1n) is 6.63. The van der Waals surface area contributed by atoms with E-state index in [1.165, 1.54) is 0 Å². The molecule has 0 aliphatic carbocycles. The number of nitrogens with zero attached hydrogens (tertiary/aromatic N) is 3. The van der Waals surface area contributed by atoms with Crippen molar-refractivity contribution in [1.29, 1.82) is 5.26 Å². The highest BCUT2D eigenvalue weighted by molar-refractivity contribution is 5.39. The van der Waals surface area contributed by atoms with Gasteiger partial charge < -0.3 is 5.73 Å². The summed E-state index contributed by atoms with van der Waals surface area (Å²) in [7, 11) is 0. The SMILES string of the molecule is N#Cc1ccc(-n2c(CCCCCN)n[nH]c2=O)cc1. The van der Waals surface area contributed by atoms with Crippen molar-refractivity contribution in [2.75, 3.05) is 6.54 Å². The number of benzene rings is 1. The summed E-state index contributed by atoms with van der Waals surface area (Å²) < 4.78 is 1.55. The summed E-state index contributed by atoms with van der Waals surface area (Å²) in [5, 5.41) is 15.3. The zero-order valence-electron chi connectivity index (χ0n) is 11.2. The predicted octanol–water partition coefficient (Wildman–Crippen LogP) is 1.10. The lowest BCUT2D eigenvalue weighted by Crippen LogP contribution is -2.17. The van der Waals surface area contributed by atoms with Gasteiger partial charge in [-0.25, -0.2) is 14.5 Å². The second-order valence-corrected chi connectivity index (χ2v) is 4.54. The van der Waals surface area contributed by atoms with Crippen LogP contribution in [0.15, 0.2) is 29.1 Å². The molecule has 0 aliphatic heterocycles. The molecule has 20 heavy (non-hydrogen) atoms. The van der Waals surface area contributed by atoms with E-state index in [1.54, 1.807) is 28.8 Å². The van der Waals surface area contributed by atoms with Crippen molar-refractivity contribution >= 4 is 0 Å². The second-order valence-electron chi connectivity index (χ2n) is 4.54. The maximum Gasteiger partial charge on any atom is 0.347 e. The average molecular weight is 271 g/mol. The fourth-order valence-corrected chi connectivity index (χ4v) is 2.05. The Kier molecular flexibility index (Phi) is 4.69. The van der Waals surface area contributed by atoms with Gasteiger partial charge >= 0.3 is 5.69 Å². The molecule has 0 aliphatic rings. The number of nitrogens with two attached hydrogens (primary N) is 1. The smallest absolute Gasteiger partial charge is 0.330 e. The molecule has 104 valence electrons. The van der Waals surface area contributed by atoms with Gasteiger partial charge in [0.05, 0.1) is 17.3 Å². The van der Waals surface area contributed by atoms with Crippen LogP contribution in [0.4, 0.5) is 0 Å². The first-order chi connectivity index (χ1) is 9.76. The monoisotopic (exact) mass is 271 g/mol. The Morgan fingerprint density at radius 1 is 1.25 bits per heavy atom. The maximum atomic E-state index is 11.8. The van der Waals surface area contributed by atoms with Crippen LogP contribution in [0.1, 0.15) is 30.7 Å². The van der Waals surface area contributed by atoms with E-state index < -0.39 is 0 Å². The third-order valence-electron chi connectivity index (χ3n) is 3.10. The van der Waals surface area contributed by atoms with Gasteiger partial charge in [-0.3, -0.25) is 0 Å². The number of aryl methyl sites for hydroxylation is 1. The second kappa shape index (κ2) is 6.68. The summed E-state index contributed by atoms with van der Waals surface area (Å²) in [5.74, 6) is 0.705. The Morgan fingerprint density at radius 2 is 2.00 bits per heavy atom. The van der Waals surface area contributed by atoms with E-state index in [0.29, 0.717) is 17.9 Å². The molecule has 0 saturated heterocycles. The molecular formula is C14H17N5O. The third-order valence-corrected chi connectivity index (χ3v) is 3.10. The molecule has 0 saturated carbocycles. The Morgan fingerprint density at radius 3 is 2.65 bits per heavy atom. The van der Waals surface area contributed by atoms with Crippen LogP contribution in [0.25, 0.3) is 5.69 Å². The summed E-state index contributed by atoms with van der Waals surface area (Å²) >= 11 is 0. The Bertz CT molecular complexity index is 647. The summed E-state index contributed by atoms with van der Waals surface area (Å²) in [6, 6.07) is 8.93. The molecule has 1 heterocycles. The van der Waals surface area contributed by atoms with Gasteiger partial charge in [0.1, 0.15) is 5.82 Å². The average Bonchev–Trinajstić information content (AvgIpc) is 2.85. The minimum atomic E-state index is -0.261. The van der Waals surface area contributed by atoms with E-state index in [9.17, 15) is 4.79 Å². The number of hydrogen-bond donors (Lipinski definition) is 2. The van der Waals surface area contributed by atoms with Gasteiger partial charge in [0.25, 0.3) is 0 Å². The molecule has 0 amide bonds. The fourth-order valence-electron chi connectivity index (χ4n) is 2.05. The Labute approximate surface area is 116 Å². The molecular weight excluding hydrogens is 254 g/mol. The van der Waals surface area contributed by atoms with Gasteiger partial charge in [0.2, 0.25) is 0 Å². The molecule has 0 spiro atoms. The summed E-state index contributed by atoms with van der Waals surface area (Å²) in [6.07, 6.45) is 3.66. The molecule has 0 bridgehead atoms. The van der Waals surface area contributed by atoms with Crippen LogP contribution in [0.3, 0.4) is 0 Å². The number of hydrogen-bond acceptors (Lipinski definition) is 4. The molecule has 3 N–H and O–H groups in total. The van der Waals surface area contributed by atoms with Crippen LogP contribution < -0.4 is 11.4 Å². The first-order valence-corrected chi connectivity index (χ1v) is 6.63. The van der Waals surface area contributed by atoms with Gasteiger partial charge in [-0.1, -0.05) is 6.42 Å². The standard InChI is InChI=1S/C14H17N5O/c15-9-3-1-2-4-13-17-18-14(20)19(13)12-7-5-11(10-16)6-8-12/h5-8H,1-4,9,15H2,(H,18,20). The van der Waals surface area contributed by atoms with Crippen LogP contribution >= 0.6 is 0 Å². The number of H-pyrrole nitrogens is 1. The molecule has 0 unspecified atom stereocenters. The zero-order chi connectivity index (χ0) is 14.4. The van der Waals surface area contributed by atoms with Crippen molar-refractivity contribution in [3.8, 4) is 11.8 Å². The molecule has 0 fully saturated rings. The minimum absolute atomic E-state index is 0.261. The molecule has 1 aromatic carbocycles. The molecule has 0 radical (unpaired) electrons. The normalized spacial score (nSPS) is 10.4. The fraction of sp³-hybridized carbons (Fsp3) is 0.357. The van der Waals surface area contributed by atoms with Gasteiger partial charge in [-0.05, 0) is 43.7 Å². The van der Waals surface area contributed by atoms with Crippen molar-refractivity contribution in [3.63, 3.8) is 0 Å². The van der Waals surface area contributed by atoms with E-state index in [4.69, 9.17) is 11.0 Å². The van der Waals surface area contributed by atoms with E-state index in [0.717, 1.165) is 31.4 Å². The molecule has 1 aromatic heterocycles. The quantitative estimate of drug-likeness (QED) is 0.768. The van der Waals surface area contributed by atoms with Crippen molar-refractivity contribution < 1.29 is 0 Å². The van der Waals surface area contributed by atoms with Gasteiger partial charge in [-0.15, -0.1) is 0 Å².